The van der Waals surface area contributed by atoms with Gasteiger partial charge in [0.2, 0.25) is 0 Å². The van der Waals surface area contributed by atoms with Gasteiger partial charge in [-0.15, -0.1) is 0 Å². The molecular formula is C23H17ClN2O4. The lowest BCUT2D eigenvalue weighted by atomic mass is 10.2. The number of hydrogen-bond donors (Lipinski definition) is 1. The summed E-state index contributed by atoms with van der Waals surface area (Å²) in [6.45, 7) is 1.96. The number of nitriles is 1. The predicted molar refractivity (Wildman–Crippen MR) is 114 cm³/mol. The number of halogens is 1. The van der Waals surface area contributed by atoms with Crippen LogP contribution in [-0.2, 0) is 9.53 Å². The van der Waals surface area contributed by atoms with Crippen molar-refractivity contribution in [3.8, 4) is 17.4 Å². The van der Waals surface area contributed by atoms with Gasteiger partial charge in [-0.3, -0.25) is 4.79 Å². The SMILES string of the molecule is CCOC(=O)c1cccc(NC(=O)C(C#N)=Cc2ccc(-c3ccc(Cl)cc3)o2)c1. The molecule has 1 heterocycles. The highest BCUT2D eigenvalue weighted by Crippen LogP contribution is 2.25. The van der Waals surface area contributed by atoms with E-state index in [0.29, 0.717) is 27.8 Å². The normalized spacial score (nSPS) is 10.9. The minimum atomic E-state index is -0.622. The first kappa shape index (κ1) is 20.9. The van der Waals surface area contributed by atoms with E-state index in [1.165, 1.54) is 12.1 Å². The second kappa shape index (κ2) is 9.59. The van der Waals surface area contributed by atoms with Crippen LogP contribution in [0.15, 0.2) is 70.7 Å². The second-order valence-electron chi connectivity index (χ2n) is 6.13. The van der Waals surface area contributed by atoms with Crippen LogP contribution in [0.4, 0.5) is 5.69 Å². The van der Waals surface area contributed by atoms with Gasteiger partial charge in [-0.1, -0.05) is 17.7 Å². The molecule has 0 aliphatic rings. The number of nitrogens with one attached hydrogen (secondary N) is 1. The van der Waals surface area contributed by atoms with Gasteiger partial charge in [-0.25, -0.2) is 4.79 Å². The van der Waals surface area contributed by atoms with Crippen LogP contribution in [0.3, 0.4) is 0 Å². The molecule has 0 radical (unpaired) electrons. The molecule has 150 valence electrons. The largest absolute Gasteiger partial charge is 0.462 e. The molecule has 30 heavy (non-hydrogen) atoms. The Morgan fingerprint density at radius 3 is 2.63 bits per heavy atom. The summed E-state index contributed by atoms with van der Waals surface area (Å²) in [7, 11) is 0. The summed E-state index contributed by atoms with van der Waals surface area (Å²) in [6.07, 6.45) is 1.35. The molecule has 7 heteroatoms. The van der Waals surface area contributed by atoms with Gasteiger partial charge in [-0.2, -0.15) is 5.26 Å². The molecule has 0 saturated heterocycles. The zero-order valence-corrected chi connectivity index (χ0v) is 16.8. The van der Waals surface area contributed by atoms with Crippen LogP contribution in [-0.4, -0.2) is 18.5 Å². The van der Waals surface area contributed by atoms with E-state index < -0.39 is 11.9 Å². The van der Waals surface area contributed by atoms with Gasteiger partial charge in [0.1, 0.15) is 23.2 Å². The Hall–Kier alpha value is -3.82. The molecule has 0 bridgehead atoms. The molecule has 3 rings (SSSR count). The molecular weight excluding hydrogens is 404 g/mol. The van der Waals surface area contributed by atoms with Crippen molar-refractivity contribution in [3.63, 3.8) is 0 Å². The Bertz CT molecular complexity index is 1140. The number of furan rings is 1. The molecule has 6 nitrogen and oxygen atoms in total. The van der Waals surface area contributed by atoms with E-state index in [1.54, 1.807) is 49.4 Å². The van der Waals surface area contributed by atoms with E-state index in [1.807, 2.05) is 18.2 Å². The van der Waals surface area contributed by atoms with E-state index in [0.717, 1.165) is 5.56 Å². The van der Waals surface area contributed by atoms with Gasteiger partial charge < -0.3 is 14.5 Å². The summed E-state index contributed by atoms with van der Waals surface area (Å²) in [5, 5.41) is 12.6. The van der Waals surface area contributed by atoms with Crippen molar-refractivity contribution in [2.75, 3.05) is 11.9 Å². The van der Waals surface area contributed by atoms with Gasteiger partial charge in [0.25, 0.3) is 5.91 Å². The first-order chi connectivity index (χ1) is 14.5. The number of rotatable bonds is 6. The number of carbonyl (C=O) groups is 2. The minimum absolute atomic E-state index is 0.145. The molecule has 1 aromatic heterocycles. The van der Waals surface area contributed by atoms with Gasteiger partial charge >= 0.3 is 5.97 Å². The Kier molecular flexibility index (Phi) is 6.68. The molecule has 0 aliphatic carbocycles. The van der Waals surface area contributed by atoms with Gasteiger partial charge in [0, 0.05) is 22.3 Å². The van der Waals surface area contributed by atoms with Crippen LogP contribution in [0, 0.1) is 11.3 Å². The van der Waals surface area contributed by atoms with Crippen molar-refractivity contribution in [3.05, 3.63) is 82.6 Å². The fourth-order valence-electron chi connectivity index (χ4n) is 2.63. The zero-order chi connectivity index (χ0) is 21.5. The van der Waals surface area contributed by atoms with Crippen molar-refractivity contribution in [1.29, 1.82) is 5.26 Å². The summed E-state index contributed by atoms with van der Waals surface area (Å²) in [5.74, 6) is -0.178. The Morgan fingerprint density at radius 1 is 1.17 bits per heavy atom. The van der Waals surface area contributed by atoms with Crippen LogP contribution >= 0.6 is 11.6 Å². The average Bonchev–Trinajstić information content (AvgIpc) is 3.21. The van der Waals surface area contributed by atoms with Crippen LogP contribution in [0.1, 0.15) is 23.0 Å². The predicted octanol–water partition coefficient (Wildman–Crippen LogP) is 5.32. The number of amides is 1. The molecule has 1 N–H and O–H groups in total. The molecule has 1 amide bonds. The number of hydrogen-bond acceptors (Lipinski definition) is 5. The highest BCUT2D eigenvalue weighted by molar-refractivity contribution is 6.30. The second-order valence-corrected chi connectivity index (χ2v) is 6.57. The summed E-state index contributed by atoms with van der Waals surface area (Å²) < 4.78 is 10.7. The number of esters is 1. The molecule has 0 unspecified atom stereocenters. The first-order valence-corrected chi connectivity index (χ1v) is 9.44. The van der Waals surface area contributed by atoms with Crippen LogP contribution in [0.2, 0.25) is 5.02 Å². The summed E-state index contributed by atoms with van der Waals surface area (Å²) in [5.41, 5.74) is 1.34. The summed E-state index contributed by atoms with van der Waals surface area (Å²) >= 11 is 5.89. The van der Waals surface area contributed by atoms with E-state index in [2.05, 4.69) is 5.32 Å². The number of ether oxygens (including phenoxy) is 1. The Morgan fingerprint density at radius 2 is 1.93 bits per heavy atom. The average molecular weight is 421 g/mol. The number of benzene rings is 2. The molecule has 0 spiro atoms. The van der Waals surface area contributed by atoms with Gasteiger partial charge in [-0.05, 0) is 61.5 Å². The highest BCUT2D eigenvalue weighted by atomic mass is 35.5. The number of nitrogens with zero attached hydrogens (tertiary/aromatic N) is 1. The fraction of sp³-hybridized carbons (Fsp3) is 0.0870. The van der Waals surface area contributed by atoms with Crippen molar-refractivity contribution in [2.24, 2.45) is 0 Å². The van der Waals surface area contributed by atoms with Crippen LogP contribution in [0.25, 0.3) is 17.4 Å². The quantitative estimate of drug-likeness (QED) is 0.331. The topological polar surface area (TPSA) is 92.3 Å². The lowest BCUT2D eigenvalue weighted by Gasteiger charge is -2.06. The summed E-state index contributed by atoms with van der Waals surface area (Å²) in [4.78, 5) is 24.3. The first-order valence-electron chi connectivity index (χ1n) is 9.06. The van der Waals surface area contributed by atoms with Gasteiger partial charge in [0.05, 0.1) is 12.2 Å². The molecule has 3 aromatic rings. The molecule has 0 aliphatic heterocycles. The Balaban J connectivity index is 1.76. The van der Waals surface area contributed by atoms with Crippen LogP contribution in [0.5, 0.6) is 0 Å². The van der Waals surface area contributed by atoms with E-state index in [4.69, 9.17) is 20.8 Å². The highest BCUT2D eigenvalue weighted by Gasteiger charge is 2.13. The minimum Gasteiger partial charge on any atom is -0.462 e. The molecule has 0 fully saturated rings. The molecule has 0 atom stereocenters. The number of anilines is 1. The van der Waals surface area contributed by atoms with E-state index >= 15 is 0 Å². The third-order valence-electron chi connectivity index (χ3n) is 4.04. The maximum Gasteiger partial charge on any atom is 0.338 e. The standard InChI is InChI=1S/C23H17ClN2O4/c1-2-29-23(28)16-4-3-5-19(12-16)26-22(27)17(14-25)13-20-10-11-21(30-20)15-6-8-18(24)9-7-15/h3-13H,2H2,1H3,(H,26,27). The maximum absolute atomic E-state index is 12.5. The lowest BCUT2D eigenvalue weighted by Crippen LogP contribution is -2.14. The van der Waals surface area contributed by atoms with Crippen molar-refractivity contribution < 1.29 is 18.7 Å². The van der Waals surface area contributed by atoms with Crippen molar-refractivity contribution in [1.82, 2.24) is 0 Å². The third-order valence-corrected chi connectivity index (χ3v) is 4.29. The zero-order valence-electron chi connectivity index (χ0n) is 16.0. The van der Waals surface area contributed by atoms with Crippen molar-refractivity contribution in [2.45, 2.75) is 6.92 Å². The third kappa shape index (κ3) is 5.16. The lowest BCUT2D eigenvalue weighted by molar-refractivity contribution is -0.112. The van der Waals surface area contributed by atoms with Crippen LogP contribution < -0.4 is 5.32 Å². The number of carbonyl (C=O) groups excluding carboxylic acids is 2. The van der Waals surface area contributed by atoms with Gasteiger partial charge in [0.15, 0.2) is 0 Å². The molecule has 0 saturated carbocycles. The van der Waals surface area contributed by atoms with E-state index in [-0.39, 0.29) is 12.2 Å². The monoisotopic (exact) mass is 420 g/mol. The van der Waals surface area contributed by atoms with E-state index in [9.17, 15) is 14.9 Å². The summed E-state index contributed by atoms with van der Waals surface area (Å²) in [6, 6.07) is 18.7. The fourth-order valence-corrected chi connectivity index (χ4v) is 2.75. The van der Waals surface area contributed by atoms with Crippen molar-refractivity contribution >= 4 is 35.2 Å². The smallest absolute Gasteiger partial charge is 0.338 e. The Labute approximate surface area is 178 Å². The molecule has 2 aromatic carbocycles. The maximum atomic E-state index is 12.5.